The Labute approximate surface area is 146 Å². The largest absolute Gasteiger partial charge is 0.480 e. The number of carboxylic acids is 1. The average Bonchev–Trinajstić information content (AvgIpc) is 3.02. The molecule has 1 aromatic heterocycles. The van der Waals surface area contributed by atoms with Gasteiger partial charge in [0.2, 0.25) is 11.8 Å². The van der Waals surface area contributed by atoms with Gasteiger partial charge in [0.1, 0.15) is 6.54 Å². The molecular weight excluding hydrogens is 322 g/mol. The molecule has 0 saturated heterocycles. The van der Waals surface area contributed by atoms with Crippen molar-refractivity contribution in [3.8, 4) is 0 Å². The summed E-state index contributed by atoms with van der Waals surface area (Å²) in [6.45, 7) is 2.01. The molecule has 7 nitrogen and oxygen atoms in total. The molecule has 0 aliphatic carbocycles. The minimum atomic E-state index is -1.02. The van der Waals surface area contributed by atoms with E-state index in [1.165, 1.54) is 4.90 Å². The lowest BCUT2D eigenvalue weighted by molar-refractivity contribution is -0.145. The van der Waals surface area contributed by atoms with Gasteiger partial charge in [-0.1, -0.05) is 42.4 Å². The lowest BCUT2D eigenvalue weighted by Gasteiger charge is -2.20. The van der Waals surface area contributed by atoms with Gasteiger partial charge in [0.05, 0.1) is 0 Å². The Kier molecular flexibility index (Phi) is 7.13. The number of rotatable bonds is 10. The first-order chi connectivity index (χ1) is 12.1. The van der Waals surface area contributed by atoms with E-state index in [0.717, 1.165) is 18.4 Å². The predicted molar refractivity (Wildman–Crippen MR) is 90.7 cm³/mol. The Morgan fingerprint density at radius 2 is 1.96 bits per heavy atom. The zero-order valence-corrected chi connectivity index (χ0v) is 14.4. The van der Waals surface area contributed by atoms with Crippen LogP contribution in [-0.2, 0) is 29.0 Å². The predicted octanol–water partition coefficient (Wildman–Crippen LogP) is 2.46. The Morgan fingerprint density at radius 1 is 1.20 bits per heavy atom. The highest BCUT2D eigenvalue weighted by molar-refractivity contribution is 5.81. The Balaban J connectivity index is 1.86. The maximum Gasteiger partial charge on any atom is 0.323 e. The molecule has 0 fully saturated rings. The number of hydrogen-bond donors (Lipinski definition) is 1. The lowest BCUT2D eigenvalue weighted by atomic mass is 10.1. The van der Waals surface area contributed by atoms with E-state index in [9.17, 15) is 9.59 Å². The second-order valence-corrected chi connectivity index (χ2v) is 5.84. The van der Waals surface area contributed by atoms with Gasteiger partial charge in [0, 0.05) is 25.8 Å². The molecular formula is C18H23N3O4. The second kappa shape index (κ2) is 9.56. The van der Waals surface area contributed by atoms with Gasteiger partial charge in [0.25, 0.3) is 0 Å². The smallest absolute Gasteiger partial charge is 0.323 e. The fraction of sp³-hybridized carbons (Fsp3) is 0.444. The van der Waals surface area contributed by atoms with Gasteiger partial charge in [-0.3, -0.25) is 9.59 Å². The molecule has 0 bridgehead atoms. The molecule has 134 valence electrons. The summed E-state index contributed by atoms with van der Waals surface area (Å²) in [5.74, 6) is -0.0190. The molecule has 25 heavy (non-hydrogen) atoms. The van der Waals surface area contributed by atoms with Crippen LogP contribution in [0.4, 0.5) is 0 Å². The molecule has 1 aromatic carbocycles. The lowest BCUT2D eigenvalue weighted by Crippen LogP contribution is -2.35. The molecule has 0 saturated carbocycles. The van der Waals surface area contributed by atoms with Gasteiger partial charge < -0.3 is 14.5 Å². The van der Waals surface area contributed by atoms with Crippen molar-refractivity contribution in [2.24, 2.45) is 0 Å². The molecule has 7 heteroatoms. The monoisotopic (exact) mass is 345 g/mol. The van der Waals surface area contributed by atoms with E-state index in [1.807, 2.05) is 37.3 Å². The molecule has 0 aliphatic rings. The van der Waals surface area contributed by atoms with Crippen LogP contribution in [0.5, 0.6) is 0 Å². The molecule has 0 unspecified atom stereocenters. The molecule has 1 heterocycles. The number of carbonyl (C=O) groups excluding carboxylic acids is 1. The third kappa shape index (κ3) is 6.37. The fourth-order valence-corrected chi connectivity index (χ4v) is 2.47. The van der Waals surface area contributed by atoms with Crippen molar-refractivity contribution in [1.29, 1.82) is 0 Å². The van der Waals surface area contributed by atoms with Crippen molar-refractivity contribution in [3.05, 3.63) is 47.6 Å². The number of hydrogen-bond acceptors (Lipinski definition) is 5. The van der Waals surface area contributed by atoms with Crippen molar-refractivity contribution in [1.82, 2.24) is 15.0 Å². The van der Waals surface area contributed by atoms with Crippen LogP contribution in [0.1, 0.15) is 43.5 Å². The van der Waals surface area contributed by atoms with Gasteiger partial charge in [-0.25, -0.2) is 0 Å². The van der Waals surface area contributed by atoms with E-state index in [0.29, 0.717) is 24.6 Å². The summed E-state index contributed by atoms with van der Waals surface area (Å²) in [7, 11) is 0. The maximum absolute atomic E-state index is 12.4. The van der Waals surface area contributed by atoms with E-state index < -0.39 is 5.97 Å². The number of aryl methyl sites for hydroxylation is 2. The summed E-state index contributed by atoms with van der Waals surface area (Å²) in [6.07, 6.45) is 3.00. The van der Waals surface area contributed by atoms with Crippen molar-refractivity contribution in [2.75, 3.05) is 6.54 Å². The number of benzene rings is 1. The summed E-state index contributed by atoms with van der Waals surface area (Å²) in [5.41, 5.74) is 0.901. The number of nitrogens with zero attached hydrogens (tertiary/aromatic N) is 3. The van der Waals surface area contributed by atoms with Crippen LogP contribution in [0.25, 0.3) is 0 Å². The van der Waals surface area contributed by atoms with E-state index in [2.05, 4.69) is 10.1 Å². The standard InChI is InChI=1S/C18H23N3O4/c1-2-7-15-19-16(25-20-15)10-6-11-17(22)21(13-18(23)24)12-14-8-4-3-5-9-14/h3-5,8-9H,2,6-7,10-13H2,1H3,(H,23,24). The fourth-order valence-electron chi connectivity index (χ4n) is 2.47. The third-order valence-electron chi connectivity index (χ3n) is 3.66. The van der Waals surface area contributed by atoms with Gasteiger partial charge in [-0.2, -0.15) is 4.98 Å². The highest BCUT2D eigenvalue weighted by Crippen LogP contribution is 2.10. The number of aliphatic carboxylic acids is 1. The van der Waals surface area contributed by atoms with Crippen LogP contribution >= 0.6 is 0 Å². The van der Waals surface area contributed by atoms with Crippen molar-refractivity contribution < 1.29 is 19.2 Å². The molecule has 0 atom stereocenters. The van der Waals surface area contributed by atoms with Crippen LogP contribution in [0, 0.1) is 0 Å². The first-order valence-corrected chi connectivity index (χ1v) is 8.43. The van der Waals surface area contributed by atoms with Gasteiger partial charge in [-0.15, -0.1) is 0 Å². The van der Waals surface area contributed by atoms with E-state index in [4.69, 9.17) is 9.63 Å². The summed E-state index contributed by atoms with van der Waals surface area (Å²) >= 11 is 0. The second-order valence-electron chi connectivity index (χ2n) is 5.84. The summed E-state index contributed by atoms with van der Waals surface area (Å²) in [6, 6.07) is 9.35. The molecule has 1 amide bonds. The van der Waals surface area contributed by atoms with Crippen LogP contribution in [0.15, 0.2) is 34.9 Å². The Hall–Kier alpha value is -2.70. The van der Waals surface area contributed by atoms with Gasteiger partial charge in [-0.05, 0) is 18.4 Å². The normalized spacial score (nSPS) is 10.6. The molecule has 0 aliphatic heterocycles. The molecule has 0 spiro atoms. The van der Waals surface area contributed by atoms with Crippen molar-refractivity contribution in [3.63, 3.8) is 0 Å². The first-order valence-electron chi connectivity index (χ1n) is 8.43. The topological polar surface area (TPSA) is 96.5 Å². The summed E-state index contributed by atoms with van der Waals surface area (Å²) in [4.78, 5) is 29.0. The molecule has 0 radical (unpaired) electrons. The maximum atomic E-state index is 12.4. The summed E-state index contributed by atoms with van der Waals surface area (Å²) in [5, 5.41) is 12.9. The quantitative estimate of drug-likeness (QED) is 0.710. The highest BCUT2D eigenvalue weighted by atomic mass is 16.5. The number of carbonyl (C=O) groups is 2. The summed E-state index contributed by atoms with van der Waals surface area (Å²) < 4.78 is 5.14. The highest BCUT2D eigenvalue weighted by Gasteiger charge is 2.17. The first kappa shape index (κ1) is 18.6. The average molecular weight is 345 g/mol. The molecule has 2 aromatic rings. The Bertz CT molecular complexity index is 685. The van der Waals surface area contributed by atoms with Crippen molar-refractivity contribution in [2.45, 2.75) is 45.6 Å². The van der Waals surface area contributed by atoms with E-state index in [1.54, 1.807) is 0 Å². The van der Waals surface area contributed by atoms with E-state index in [-0.39, 0.29) is 25.4 Å². The number of carboxylic acid groups (broad SMARTS) is 1. The van der Waals surface area contributed by atoms with Gasteiger partial charge >= 0.3 is 5.97 Å². The third-order valence-corrected chi connectivity index (χ3v) is 3.66. The van der Waals surface area contributed by atoms with Crippen LogP contribution < -0.4 is 0 Å². The van der Waals surface area contributed by atoms with E-state index >= 15 is 0 Å². The Morgan fingerprint density at radius 3 is 2.64 bits per heavy atom. The zero-order valence-electron chi connectivity index (χ0n) is 14.4. The minimum absolute atomic E-state index is 0.195. The van der Waals surface area contributed by atoms with Crippen LogP contribution in [-0.4, -0.2) is 38.6 Å². The van der Waals surface area contributed by atoms with Gasteiger partial charge in [0.15, 0.2) is 5.82 Å². The molecule has 1 N–H and O–H groups in total. The zero-order chi connectivity index (χ0) is 18.1. The minimum Gasteiger partial charge on any atom is -0.480 e. The number of aromatic nitrogens is 2. The SMILES string of the molecule is CCCc1noc(CCCC(=O)N(CC(=O)O)Cc2ccccc2)n1. The molecule has 2 rings (SSSR count). The van der Waals surface area contributed by atoms with Crippen LogP contribution in [0.3, 0.4) is 0 Å². The number of amides is 1. The van der Waals surface area contributed by atoms with Crippen molar-refractivity contribution >= 4 is 11.9 Å². The van der Waals surface area contributed by atoms with Crippen LogP contribution in [0.2, 0.25) is 0 Å².